The molecule has 2 heteroatoms. The van der Waals surface area contributed by atoms with Crippen LogP contribution in [0, 0.1) is 20.8 Å². The second-order valence-electron chi connectivity index (χ2n) is 5.76. The smallest absolute Gasteiger partial charge is 0.0518 e. The van der Waals surface area contributed by atoms with Gasteiger partial charge in [0.15, 0.2) is 0 Å². The molecule has 108 valence electrons. The minimum absolute atomic E-state index is 0.332. The summed E-state index contributed by atoms with van der Waals surface area (Å²) in [5.74, 6) is 0. The fourth-order valence-corrected chi connectivity index (χ4v) is 2.69. The van der Waals surface area contributed by atoms with Crippen molar-refractivity contribution >= 4 is 0 Å². The topological polar surface area (TPSA) is 21.3 Å². The van der Waals surface area contributed by atoms with Gasteiger partial charge in [-0.2, -0.15) is 0 Å². The van der Waals surface area contributed by atoms with Crippen molar-refractivity contribution in [3.63, 3.8) is 0 Å². The monoisotopic (exact) mass is 263 g/mol. The minimum Gasteiger partial charge on any atom is -0.379 e. The molecule has 0 saturated carbocycles. The fourth-order valence-electron chi connectivity index (χ4n) is 2.69. The zero-order valence-electron chi connectivity index (χ0n) is 13.3. The summed E-state index contributed by atoms with van der Waals surface area (Å²) >= 11 is 0. The predicted molar refractivity (Wildman–Crippen MR) is 82.8 cm³/mol. The van der Waals surface area contributed by atoms with Crippen LogP contribution >= 0.6 is 0 Å². The van der Waals surface area contributed by atoms with Gasteiger partial charge in [0.25, 0.3) is 0 Å². The first kappa shape index (κ1) is 16.2. The highest BCUT2D eigenvalue weighted by Crippen LogP contribution is 2.23. The van der Waals surface area contributed by atoms with Gasteiger partial charge in [-0.25, -0.2) is 0 Å². The maximum atomic E-state index is 5.55. The van der Waals surface area contributed by atoms with Gasteiger partial charge in [0.1, 0.15) is 0 Å². The summed E-state index contributed by atoms with van der Waals surface area (Å²) < 4.78 is 5.55. The van der Waals surface area contributed by atoms with Gasteiger partial charge in [-0.15, -0.1) is 0 Å². The summed E-state index contributed by atoms with van der Waals surface area (Å²) in [5.41, 5.74) is 5.55. The van der Waals surface area contributed by atoms with Crippen LogP contribution < -0.4 is 5.32 Å². The maximum absolute atomic E-state index is 5.55. The van der Waals surface area contributed by atoms with Gasteiger partial charge in [0.2, 0.25) is 0 Å². The molecular formula is C17H29NO. The summed E-state index contributed by atoms with van der Waals surface area (Å²) in [6, 6.07) is 4.93. The first-order chi connectivity index (χ1) is 8.91. The quantitative estimate of drug-likeness (QED) is 0.749. The first-order valence-corrected chi connectivity index (χ1v) is 7.34. The molecule has 0 bridgehead atoms. The van der Waals surface area contributed by atoms with Gasteiger partial charge in [-0.3, -0.25) is 0 Å². The van der Waals surface area contributed by atoms with E-state index in [1.165, 1.54) is 22.3 Å². The molecule has 0 aromatic heterocycles. The molecule has 1 atom stereocenters. The molecule has 0 fully saturated rings. The zero-order valence-corrected chi connectivity index (χ0v) is 13.3. The molecule has 0 saturated heterocycles. The summed E-state index contributed by atoms with van der Waals surface area (Å²) in [6.07, 6.45) is 1.39. The van der Waals surface area contributed by atoms with Crippen molar-refractivity contribution in [3.05, 3.63) is 34.4 Å². The number of hydrogen-bond acceptors (Lipinski definition) is 2. The maximum Gasteiger partial charge on any atom is 0.0518 e. The van der Waals surface area contributed by atoms with Crippen LogP contribution in [-0.2, 0) is 4.74 Å². The Morgan fingerprint density at radius 3 is 2.16 bits per heavy atom. The van der Waals surface area contributed by atoms with Crippen LogP contribution in [0.4, 0.5) is 0 Å². The Bertz CT molecular complexity index is 375. The van der Waals surface area contributed by atoms with E-state index in [1.54, 1.807) is 0 Å². The number of rotatable bonds is 7. The highest BCUT2D eigenvalue weighted by molar-refractivity contribution is 5.39. The number of benzene rings is 1. The first-order valence-electron chi connectivity index (χ1n) is 7.34. The molecular weight excluding hydrogens is 234 g/mol. The third-order valence-electron chi connectivity index (χ3n) is 3.39. The fraction of sp³-hybridized carbons (Fsp3) is 0.647. The minimum atomic E-state index is 0.332. The van der Waals surface area contributed by atoms with Gasteiger partial charge in [-0.1, -0.05) is 17.7 Å². The molecule has 1 N–H and O–H groups in total. The molecule has 1 aromatic rings. The molecule has 0 aliphatic rings. The van der Waals surface area contributed by atoms with Crippen LogP contribution in [0.3, 0.4) is 0 Å². The Hall–Kier alpha value is -0.860. The van der Waals surface area contributed by atoms with Gasteiger partial charge in [0, 0.05) is 12.6 Å². The van der Waals surface area contributed by atoms with Crippen LogP contribution in [0.25, 0.3) is 0 Å². The van der Waals surface area contributed by atoms with E-state index in [0.717, 1.165) is 19.6 Å². The van der Waals surface area contributed by atoms with Crippen LogP contribution in [0.5, 0.6) is 0 Å². The molecule has 1 unspecified atom stereocenters. The molecule has 0 aliphatic carbocycles. The standard InChI is InChI=1S/C17H29NO/c1-12(2)19-9-7-8-18-16(6)17-14(4)10-13(3)11-15(17)5/h10-12,16,18H,7-9H2,1-6H3. The van der Waals surface area contributed by atoms with Crippen LogP contribution in [0.2, 0.25) is 0 Å². The number of hydrogen-bond donors (Lipinski definition) is 1. The molecule has 1 aromatic carbocycles. The second-order valence-corrected chi connectivity index (χ2v) is 5.76. The second kappa shape index (κ2) is 7.66. The van der Waals surface area contributed by atoms with Crippen LogP contribution in [0.1, 0.15) is 55.5 Å². The van der Waals surface area contributed by atoms with Gasteiger partial charge in [-0.05, 0) is 71.2 Å². The van der Waals surface area contributed by atoms with E-state index in [0.29, 0.717) is 12.1 Å². The Kier molecular flexibility index (Phi) is 6.53. The van der Waals surface area contributed by atoms with E-state index in [1.807, 2.05) is 0 Å². The average Bonchev–Trinajstić information content (AvgIpc) is 2.26. The lowest BCUT2D eigenvalue weighted by Crippen LogP contribution is -2.23. The summed E-state index contributed by atoms with van der Waals surface area (Å²) in [5, 5.41) is 3.59. The molecule has 0 aliphatic heterocycles. The molecule has 0 spiro atoms. The normalized spacial score (nSPS) is 13.0. The van der Waals surface area contributed by atoms with Gasteiger partial charge in [0.05, 0.1) is 6.10 Å². The van der Waals surface area contributed by atoms with E-state index in [4.69, 9.17) is 4.74 Å². The number of ether oxygens (including phenoxy) is 1. The molecule has 2 nitrogen and oxygen atoms in total. The Morgan fingerprint density at radius 1 is 1.05 bits per heavy atom. The third kappa shape index (κ3) is 5.33. The van der Waals surface area contributed by atoms with E-state index in [9.17, 15) is 0 Å². The summed E-state index contributed by atoms with van der Waals surface area (Å²) in [6.45, 7) is 14.8. The van der Waals surface area contributed by atoms with Crippen LogP contribution in [0.15, 0.2) is 12.1 Å². The van der Waals surface area contributed by atoms with Crippen molar-refractivity contribution in [1.29, 1.82) is 0 Å². The largest absolute Gasteiger partial charge is 0.379 e. The third-order valence-corrected chi connectivity index (χ3v) is 3.39. The van der Waals surface area contributed by atoms with Crippen molar-refractivity contribution in [3.8, 4) is 0 Å². The lowest BCUT2D eigenvalue weighted by Gasteiger charge is -2.20. The summed E-state index contributed by atoms with van der Waals surface area (Å²) in [7, 11) is 0. The van der Waals surface area contributed by atoms with Crippen molar-refractivity contribution in [2.45, 2.75) is 60.1 Å². The number of nitrogens with one attached hydrogen (secondary N) is 1. The van der Waals surface area contributed by atoms with Crippen molar-refractivity contribution in [2.24, 2.45) is 0 Å². The molecule has 0 amide bonds. The summed E-state index contributed by atoms with van der Waals surface area (Å²) in [4.78, 5) is 0. The van der Waals surface area contributed by atoms with E-state index in [2.05, 4.69) is 59.0 Å². The highest BCUT2D eigenvalue weighted by atomic mass is 16.5. The van der Waals surface area contributed by atoms with E-state index in [-0.39, 0.29) is 0 Å². The van der Waals surface area contributed by atoms with Crippen molar-refractivity contribution in [2.75, 3.05) is 13.2 Å². The Labute approximate surface area is 118 Å². The van der Waals surface area contributed by atoms with Gasteiger partial charge < -0.3 is 10.1 Å². The SMILES string of the molecule is Cc1cc(C)c(C(C)NCCCOC(C)C)c(C)c1. The lowest BCUT2D eigenvalue weighted by molar-refractivity contribution is 0.0768. The molecule has 0 heterocycles. The highest BCUT2D eigenvalue weighted by Gasteiger charge is 2.11. The van der Waals surface area contributed by atoms with Crippen molar-refractivity contribution in [1.82, 2.24) is 5.32 Å². The van der Waals surface area contributed by atoms with E-state index < -0.39 is 0 Å². The van der Waals surface area contributed by atoms with Crippen LogP contribution in [-0.4, -0.2) is 19.3 Å². The Morgan fingerprint density at radius 2 is 1.63 bits per heavy atom. The Balaban J connectivity index is 2.48. The average molecular weight is 263 g/mol. The zero-order chi connectivity index (χ0) is 14.4. The number of aryl methyl sites for hydroxylation is 3. The van der Waals surface area contributed by atoms with Gasteiger partial charge >= 0.3 is 0 Å². The van der Waals surface area contributed by atoms with Crippen molar-refractivity contribution < 1.29 is 4.74 Å². The lowest BCUT2D eigenvalue weighted by atomic mass is 9.95. The van der Waals surface area contributed by atoms with E-state index >= 15 is 0 Å². The predicted octanol–water partition coefficient (Wildman–Crippen LogP) is 4.08. The molecule has 0 radical (unpaired) electrons. The molecule has 1 rings (SSSR count). The molecule has 19 heavy (non-hydrogen) atoms.